The quantitative estimate of drug-likeness (QED) is 0.866. The molecule has 1 saturated carbocycles. The molecule has 2 heterocycles. The van der Waals surface area contributed by atoms with Crippen molar-refractivity contribution in [1.29, 1.82) is 0 Å². The monoisotopic (exact) mass is 352 g/mol. The minimum atomic E-state index is -0.720. The van der Waals surface area contributed by atoms with E-state index in [1.807, 2.05) is 10.6 Å². The SMILES string of the molecule is C[C@@]1(c2nc(Br)c3c(N)nccn23)CCC[C@H](C(=O)O)C1. The summed E-state index contributed by atoms with van der Waals surface area (Å²) in [7, 11) is 0. The Morgan fingerprint density at radius 1 is 1.62 bits per heavy atom. The number of hydrogen-bond donors (Lipinski definition) is 2. The number of imidazole rings is 1. The molecular weight excluding hydrogens is 336 g/mol. The summed E-state index contributed by atoms with van der Waals surface area (Å²) in [5, 5.41) is 9.31. The van der Waals surface area contributed by atoms with Gasteiger partial charge in [0, 0.05) is 17.8 Å². The highest BCUT2D eigenvalue weighted by Crippen LogP contribution is 2.42. The molecule has 3 N–H and O–H groups in total. The molecule has 21 heavy (non-hydrogen) atoms. The summed E-state index contributed by atoms with van der Waals surface area (Å²) in [4.78, 5) is 20.0. The number of hydrogen-bond acceptors (Lipinski definition) is 4. The van der Waals surface area contributed by atoms with Gasteiger partial charge in [-0.05, 0) is 35.2 Å². The Kier molecular flexibility index (Phi) is 3.39. The van der Waals surface area contributed by atoms with Gasteiger partial charge >= 0.3 is 5.97 Å². The van der Waals surface area contributed by atoms with Crippen LogP contribution in [-0.4, -0.2) is 25.4 Å². The maximum atomic E-state index is 11.3. The summed E-state index contributed by atoms with van der Waals surface area (Å²) in [6.45, 7) is 2.08. The van der Waals surface area contributed by atoms with Crippen molar-refractivity contribution >= 4 is 33.2 Å². The normalized spacial score (nSPS) is 26.1. The third-order valence-corrected chi connectivity index (χ3v) is 4.96. The Bertz CT molecular complexity index is 714. The number of nitrogens with zero attached hydrogens (tertiary/aromatic N) is 3. The van der Waals surface area contributed by atoms with Gasteiger partial charge < -0.3 is 10.8 Å². The van der Waals surface area contributed by atoms with Crippen molar-refractivity contribution in [3.8, 4) is 0 Å². The molecule has 2 aromatic rings. The van der Waals surface area contributed by atoms with Crippen molar-refractivity contribution < 1.29 is 9.90 Å². The molecule has 112 valence electrons. The molecule has 0 amide bonds. The average Bonchev–Trinajstić information content (AvgIpc) is 2.78. The van der Waals surface area contributed by atoms with Gasteiger partial charge in [-0.15, -0.1) is 0 Å². The van der Waals surface area contributed by atoms with E-state index in [-0.39, 0.29) is 11.3 Å². The zero-order valence-electron chi connectivity index (χ0n) is 11.7. The number of halogens is 1. The number of aliphatic carboxylic acids is 1. The van der Waals surface area contributed by atoms with Crippen LogP contribution >= 0.6 is 15.9 Å². The van der Waals surface area contributed by atoms with Crippen LogP contribution in [0.2, 0.25) is 0 Å². The first kappa shape index (κ1) is 14.3. The molecule has 0 spiro atoms. The fourth-order valence-electron chi connectivity index (χ4n) is 3.35. The summed E-state index contributed by atoms with van der Waals surface area (Å²) >= 11 is 3.44. The van der Waals surface area contributed by atoms with Gasteiger partial charge in [0.15, 0.2) is 5.82 Å². The van der Waals surface area contributed by atoms with E-state index in [1.54, 1.807) is 6.20 Å². The summed E-state index contributed by atoms with van der Waals surface area (Å²) in [6.07, 6.45) is 6.61. The Morgan fingerprint density at radius 3 is 3.10 bits per heavy atom. The number of anilines is 1. The van der Waals surface area contributed by atoms with Gasteiger partial charge in [0.25, 0.3) is 0 Å². The molecule has 3 rings (SSSR count). The Morgan fingerprint density at radius 2 is 2.38 bits per heavy atom. The first-order chi connectivity index (χ1) is 9.92. The number of carboxylic acids is 1. The van der Waals surface area contributed by atoms with Crippen molar-refractivity contribution in [2.45, 2.75) is 38.0 Å². The van der Waals surface area contributed by atoms with Gasteiger partial charge in [0.2, 0.25) is 0 Å². The van der Waals surface area contributed by atoms with Crippen LogP contribution in [0.1, 0.15) is 38.4 Å². The molecule has 2 aromatic heterocycles. The standard InChI is InChI=1S/C14H17BrN4O2/c1-14(4-2-3-8(7-14)12(20)21)13-18-10(15)9-11(16)17-5-6-19(9)13/h5-6,8H,2-4,7H2,1H3,(H2,16,17)(H,20,21)/t8-,14+/m0/s1. The van der Waals surface area contributed by atoms with Gasteiger partial charge in [-0.3, -0.25) is 9.20 Å². The smallest absolute Gasteiger partial charge is 0.306 e. The number of nitrogen functional groups attached to an aromatic ring is 1. The third kappa shape index (κ3) is 2.29. The average molecular weight is 353 g/mol. The molecule has 1 fully saturated rings. The minimum absolute atomic E-state index is 0.274. The van der Waals surface area contributed by atoms with Crippen LogP contribution in [0.5, 0.6) is 0 Å². The van der Waals surface area contributed by atoms with E-state index in [4.69, 9.17) is 5.73 Å². The van der Waals surface area contributed by atoms with Crippen molar-refractivity contribution in [1.82, 2.24) is 14.4 Å². The number of aromatic nitrogens is 3. The molecule has 0 unspecified atom stereocenters. The van der Waals surface area contributed by atoms with Crippen LogP contribution in [0.15, 0.2) is 17.0 Å². The van der Waals surface area contributed by atoms with Gasteiger partial charge in [-0.1, -0.05) is 13.3 Å². The van der Waals surface area contributed by atoms with E-state index in [0.717, 1.165) is 30.6 Å². The topological polar surface area (TPSA) is 93.5 Å². The van der Waals surface area contributed by atoms with Gasteiger partial charge in [0.05, 0.1) is 5.92 Å². The number of nitrogens with two attached hydrogens (primary N) is 1. The van der Waals surface area contributed by atoms with Crippen molar-refractivity contribution in [3.05, 3.63) is 22.8 Å². The zero-order chi connectivity index (χ0) is 15.2. The fraction of sp³-hybridized carbons (Fsp3) is 0.500. The molecule has 1 aliphatic carbocycles. The van der Waals surface area contributed by atoms with E-state index in [9.17, 15) is 9.90 Å². The van der Waals surface area contributed by atoms with Gasteiger partial charge in [-0.2, -0.15) is 0 Å². The maximum absolute atomic E-state index is 11.3. The molecule has 0 aliphatic heterocycles. The van der Waals surface area contributed by atoms with Crippen LogP contribution in [0.25, 0.3) is 5.52 Å². The molecule has 0 aromatic carbocycles. The van der Waals surface area contributed by atoms with E-state index in [2.05, 4.69) is 32.8 Å². The third-order valence-electron chi connectivity index (χ3n) is 4.41. The van der Waals surface area contributed by atoms with Gasteiger partial charge in [-0.25, -0.2) is 9.97 Å². The minimum Gasteiger partial charge on any atom is -0.481 e. The van der Waals surface area contributed by atoms with Crippen molar-refractivity contribution in [3.63, 3.8) is 0 Å². The molecule has 0 bridgehead atoms. The van der Waals surface area contributed by atoms with Crippen LogP contribution in [0.4, 0.5) is 5.82 Å². The number of carbonyl (C=O) groups is 1. The van der Waals surface area contributed by atoms with Crippen molar-refractivity contribution in [2.75, 3.05) is 5.73 Å². The highest BCUT2D eigenvalue weighted by Gasteiger charge is 2.40. The van der Waals surface area contributed by atoms with Crippen LogP contribution in [0.3, 0.4) is 0 Å². The van der Waals surface area contributed by atoms with E-state index < -0.39 is 5.97 Å². The Balaban J connectivity index is 2.11. The largest absolute Gasteiger partial charge is 0.481 e. The van der Waals surface area contributed by atoms with Crippen LogP contribution < -0.4 is 5.73 Å². The highest BCUT2D eigenvalue weighted by atomic mass is 79.9. The molecule has 1 aliphatic rings. The Labute approximate surface area is 130 Å². The second-order valence-corrected chi connectivity index (χ2v) is 6.70. The second-order valence-electron chi connectivity index (χ2n) is 5.95. The van der Waals surface area contributed by atoms with Crippen molar-refractivity contribution in [2.24, 2.45) is 5.92 Å². The summed E-state index contributed by atoms with van der Waals surface area (Å²) in [6, 6.07) is 0. The second kappa shape index (κ2) is 4.98. The first-order valence-electron chi connectivity index (χ1n) is 6.94. The molecule has 6 nitrogen and oxygen atoms in total. The Hall–Kier alpha value is -1.63. The lowest BCUT2D eigenvalue weighted by Gasteiger charge is -2.35. The van der Waals surface area contributed by atoms with Gasteiger partial charge in [0.1, 0.15) is 15.9 Å². The summed E-state index contributed by atoms with van der Waals surface area (Å²) in [5.41, 5.74) is 6.39. The predicted octanol–water partition coefficient (Wildman–Crippen LogP) is 2.61. The lowest BCUT2D eigenvalue weighted by atomic mass is 9.70. The van der Waals surface area contributed by atoms with Crippen LogP contribution in [0, 0.1) is 5.92 Å². The van der Waals surface area contributed by atoms with E-state index >= 15 is 0 Å². The molecule has 7 heteroatoms. The molecule has 2 atom stereocenters. The summed E-state index contributed by atoms with van der Waals surface area (Å²) < 4.78 is 2.58. The maximum Gasteiger partial charge on any atom is 0.306 e. The zero-order valence-corrected chi connectivity index (χ0v) is 13.3. The van der Waals surface area contributed by atoms with E-state index in [0.29, 0.717) is 16.8 Å². The van der Waals surface area contributed by atoms with Crippen LogP contribution in [-0.2, 0) is 10.2 Å². The van der Waals surface area contributed by atoms with E-state index in [1.165, 1.54) is 0 Å². The number of carboxylic acid groups (broad SMARTS) is 1. The number of rotatable bonds is 2. The first-order valence-corrected chi connectivity index (χ1v) is 7.73. The lowest BCUT2D eigenvalue weighted by molar-refractivity contribution is -0.143. The molecule has 0 radical (unpaired) electrons. The fourth-order valence-corrected chi connectivity index (χ4v) is 3.91. The highest BCUT2D eigenvalue weighted by molar-refractivity contribution is 9.10. The molecule has 0 saturated heterocycles. The predicted molar refractivity (Wildman–Crippen MR) is 82.0 cm³/mol. The summed E-state index contributed by atoms with van der Waals surface area (Å²) in [5.74, 6) is 0.234. The molecular formula is C14H17BrN4O2. The number of fused-ring (bicyclic) bond motifs is 1. The lowest BCUT2D eigenvalue weighted by Crippen LogP contribution is -2.35.